The number of methoxy groups -OCH3 is 1. The summed E-state index contributed by atoms with van der Waals surface area (Å²) in [7, 11) is 1.32. The number of aliphatic hydroxyl groups excluding tert-OH is 1. The molecule has 0 fully saturated rings. The number of carbonyl (C=O) groups is 3. The second-order valence-corrected chi connectivity index (χ2v) is 9.16. The number of nitrogens with one attached hydrogen (secondary N) is 1. The molecular formula is C26H42N2O6S. The van der Waals surface area contributed by atoms with E-state index in [2.05, 4.69) is 35.2 Å². The summed E-state index contributed by atoms with van der Waals surface area (Å²) in [4.78, 5) is 33.8. The Morgan fingerprint density at radius 2 is 1.80 bits per heavy atom. The first-order valence-electron chi connectivity index (χ1n) is 12.1. The van der Waals surface area contributed by atoms with Gasteiger partial charge >= 0.3 is 11.9 Å². The van der Waals surface area contributed by atoms with Crippen molar-refractivity contribution in [2.45, 2.75) is 75.7 Å². The number of unbranched alkanes of at least 4 members (excludes halogenated alkanes) is 3. The van der Waals surface area contributed by atoms with Crippen molar-refractivity contribution in [3.05, 3.63) is 48.6 Å². The molecule has 8 nitrogen and oxygen atoms in total. The fourth-order valence-electron chi connectivity index (χ4n) is 2.86. The summed E-state index contributed by atoms with van der Waals surface area (Å²) >= 11 is 1.30. The summed E-state index contributed by atoms with van der Waals surface area (Å²) in [6, 6.07) is -0.911. The first kappa shape index (κ1) is 32.6. The minimum Gasteiger partial charge on any atom is -0.480 e. The van der Waals surface area contributed by atoms with E-state index in [1.54, 1.807) is 0 Å². The lowest BCUT2D eigenvalue weighted by Crippen LogP contribution is -2.44. The zero-order chi connectivity index (χ0) is 26.3. The van der Waals surface area contributed by atoms with Gasteiger partial charge in [0.1, 0.15) is 6.54 Å². The van der Waals surface area contributed by atoms with Crippen LogP contribution in [0.25, 0.3) is 0 Å². The Balaban J connectivity index is 4.75. The number of esters is 1. The molecule has 0 aliphatic carbocycles. The third-order valence-corrected chi connectivity index (χ3v) is 6.30. The number of amides is 1. The van der Waals surface area contributed by atoms with Gasteiger partial charge in [0.25, 0.3) is 0 Å². The second kappa shape index (κ2) is 22.1. The van der Waals surface area contributed by atoms with Crippen LogP contribution in [0.4, 0.5) is 0 Å². The topological polar surface area (TPSA) is 139 Å². The normalized spacial score (nSPS) is 14.6. The summed E-state index contributed by atoms with van der Waals surface area (Å²) in [6.07, 6.45) is 21.8. The van der Waals surface area contributed by atoms with Crippen LogP contribution in [-0.2, 0) is 19.1 Å². The number of hydrogen-bond acceptors (Lipinski definition) is 7. The molecule has 0 radical (unpaired) electrons. The third-order valence-electron chi connectivity index (χ3n) is 4.89. The fourth-order valence-corrected chi connectivity index (χ4v) is 4.01. The highest BCUT2D eigenvalue weighted by Gasteiger charge is 2.21. The number of rotatable bonds is 20. The van der Waals surface area contributed by atoms with E-state index in [4.69, 9.17) is 10.8 Å². The van der Waals surface area contributed by atoms with Crippen LogP contribution >= 0.6 is 11.8 Å². The van der Waals surface area contributed by atoms with Gasteiger partial charge in [0.15, 0.2) is 0 Å². The largest absolute Gasteiger partial charge is 0.480 e. The van der Waals surface area contributed by atoms with Crippen LogP contribution in [0.5, 0.6) is 0 Å². The van der Waals surface area contributed by atoms with E-state index < -0.39 is 30.6 Å². The zero-order valence-electron chi connectivity index (χ0n) is 20.9. The number of carbonyl (C=O) groups excluding carboxylic acids is 2. The second-order valence-electron chi connectivity index (χ2n) is 7.95. The molecule has 3 unspecified atom stereocenters. The Labute approximate surface area is 213 Å². The molecule has 0 aromatic rings. The van der Waals surface area contributed by atoms with Gasteiger partial charge in [-0.15, -0.1) is 11.8 Å². The van der Waals surface area contributed by atoms with Gasteiger partial charge in [-0.25, -0.2) is 0 Å². The maximum Gasteiger partial charge on any atom is 0.322 e. The molecule has 9 heteroatoms. The van der Waals surface area contributed by atoms with E-state index in [0.717, 1.165) is 12.8 Å². The van der Waals surface area contributed by atoms with E-state index >= 15 is 0 Å². The van der Waals surface area contributed by atoms with Gasteiger partial charge in [-0.3, -0.25) is 14.4 Å². The van der Waals surface area contributed by atoms with Crippen molar-refractivity contribution in [2.24, 2.45) is 5.73 Å². The standard InChI is InChI=1S/C26H42N2O6S/c1-3-4-5-6-7-8-9-10-11-12-13-14-17-23(22(29)16-15-18-25(32)34-2)35-20-21(27)26(33)28-19-24(30)31/h7-8,10-14,17,21-23,29H,3-6,9,15-16,18-20,27H2,1-2H3,(H,28,33)(H,30,31). The summed E-state index contributed by atoms with van der Waals surface area (Å²) < 4.78 is 4.62. The lowest BCUT2D eigenvalue weighted by Gasteiger charge is -2.21. The molecule has 198 valence electrons. The average Bonchev–Trinajstić information content (AvgIpc) is 2.84. The fraction of sp³-hybridized carbons (Fsp3) is 0.577. The Hall–Kier alpha value is -2.36. The number of thioether (sulfide) groups is 1. The van der Waals surface area contributed by atoms with Crippen molar-refractivity contribution in [1.29, 1.82) is 0 Å². The number of aliphatic hydroxyl groups is 1. The van der Waals surface area contributed by atoms with Crippen LogP contribution < -0.4 is 11.1 Å². The van der Waals surface area contributed by atoms with Crippen molar-refractivity contribution in [3.8, 4) is 0 Å². The highest BCUT2D eigenvalue weighted by Crippen LogP contribution is 2.21. The summed E-state index contributed by atoms with van der Waals surface area (Å²) in [6.45, 7) is 1.70. The van der Waals surface area contributed by atoms with Gasteiger partial charge in [-0.05, 0) is 32.1 Å². The van der Waals surface area contributed by atoms with Gasteiger partial charge in [0, 0.05) is 17.4 Å². The lowest BCUT2D eigenvalue weighted by molar-refractivity contribution is -0.141. The minimum absolute atomic E-state index is 0.197. The molecule has 0 aliphatic heterocycles. The summed E-state index contributed by atoms with van der Waals surface area (Å²) in [5.41, 5.74) is 5.86. The van der Waals surface area contributed by atoms with Crippen LogP contribution in [-0.4, -0.2) is 64.9 Å². The number of carboxylic acid groups (broad SMARTS) is 1. The van der Waals surface area contributed by atoms with E-state index in [-0.39, 0.29) is 23.4 Å². The number of ether oxygens (including phenoxy) is 1. The maximum absolute atomic E-state index is 11.9. The van der Waals surface area contributed by atoms with Gasteiger partial charge in [-0.2, -0.15) is 0 Å². The number of nitrogens with two attached hydrogens (primary N) is 1. The highest BCUT2D eigenvalue weighted by atomic mass is 32.2. The quantitative estimate of drug-likeness (QED) is 0.0844. The number of aliphatic carboxylic acids is 1. The highest BCUT2D eigenvalue weighted by molar-refractivity contribution is 8.00. The molecule has 0 bridgehead atoms. The van der Waals surface area contributed by atoms with Crippen molar-refractivity contribution in [2.75, 3.05) is 19.4 Å². The van der Waals surface area contributed by atoms with Crippen molar-refractivity contribution in [3.63, 3.8) is 0 Å². The Kier molecular flexibility index (Phi) is 20.6. The molecule has 0 saturated heterocycles. The molecule has 0 saturated carbocycles. The third kappa shape index (κ3) is 19.6. The Morgan fingerprint density at radius 3 is 2.49 bits per heavy atom. The molecular weight excluding hydrogens is 468 g/mol. The predicted molar refractivity (Wildman–Crippen MR) is 142 cm³/mol. The minimum atomic E-state index is -1.15. The van der Waals surface area contributed by atoms with Crippen molar-refractivity contribution in [1.82, 2.24) is 5.32 Å². The molecule has 0 rings (SSSR count). The SMILES string of the molecule is CCCCCC=CCC=CC=CC=CC(SCC(N)C(=O)NCC(=O)O)C(O)CCCC(=O)OC. The summed E-state index contributed by atoms with van der Waals surface area (Å²) in [5, 5.41) is 21.2. The Bertz CT molecular complexity index is 721. The van der Waals surface area contributed by atoms with E-state index in [0.29, 0.717) is 12.8 Å². The molecule has 3 atom stereocenters. The first-order valence-corrected chi connectivity index (χ1v) is 13.1. The van der Waals surface area contributed by atoms with E-state index in [9.17, 15) is 19.5 Å². The zero-order valence-corrected chi connectivity index (χ0v) is 21.8. The van der Waals surface area contributed by atoms with E-state index in [1.165, 1.54) is 38.1 Å². The molecule has 35 heavy (non-hydrogen) atoms. The predicted octanol–water partition coefficient (Wildman–Crippen LogP) is 3.52. The van der Waals surface area contributed by atoms with Crippen LogP contribution in [0, 0.1) is 0 Å². The molecule has 0 spiro atoms. The van der Waals surface area contributed by atoms with Gasteiger partial charge in [-0.1, -0.05) is 68.4 Å². The number of carboxylic acids is 1. The molecule has 0 aliphatic rings. The number of hydrogen-bond donors (Lipinski definition) is 4. The molecule has 1 amide bonds. The maximum atomic E-state index is 11.9. The van der Waals surface area contributed by atoms with Gasteiger partial charge in [0.2, 0.25) is 5.91 Å². The molecule has 5 N–H and O–H groups in total. The first-order chi connectivity index (χ1) is 16.8. The van der Waals surface area contributed by atoms with Gasteiger partial charge < -0.3 is 26.0 Å². The van der Waals surface area contributed by atoms with Crippen LogP contribution in [0.2, 0.25) is 0 Å². The lowest BCUT2D eigenvalue weighted by atomic mass is 10.1. The van der Waals surface area contributed by atoms with Crippen LogP contribution in [0.1, 0.15) is 58.3 Å². The van der Waals surface area contributed by atoms with Crippen LogP contribution in [0.15, 0.2) is 48.6 Å². The summed E-state index contributed by atoms with van der Waals surface area (Å²) in [5.74, 6) is -1.85. The molecule has 0 aromatic carbocycles. The molecule has 0 aromatic heterocycles. The average molecular weight is 511 g/mol. The van der Waals surface area contributed by atoms with Crippen molar-refractivity contribution >= 4 is 29.6 Å². The van der Waals surface area contributed by atoms with E-state index in [1.807, 2.05) is 30.4 Å². The Morgan fingerprint density at radius 1 is 1.06 bits per heavy atom. The monoisotopic (exact) mass is 510 g/mol. The van der Waals surface area contributed by atoms with Gasteiger partial charge in [0.05, 0.1) is 19.3 Å². The number of allylic oxidation sites excluding steroid dienone is 7. The molecule has 0 heterocycles. The van der Waals surface area contributed by atoms with Crippen molar-refractivity contribution < 1.29 is 29.3 Å². The smallest absolute Gasteiger partial charge is 0.322 e. The van der Waals surface area contributed by atoms with Crippen LogP contribution in [0.3, 0.4) is 0 Å².